The molecule has 1 atom stereocenters. The molecule has 0 radical (unpaired) electrons. The lowest BCUT2D eigenvalue weighted by atomic mass is 9.93. The van der Waals surface area contributed by atoms with Crippen LogP contribution in [0.4, 0.5) is 0 Å². The molecule has 1 rings (SSSR count). The minimum atomic E-state index is -2.87. The Labute approximate surface area is 123 Å². The van der Waals surface area contributed by atoms with Crippen molar-refractivity contribution in [2.45, 2.75) is 46.1 Å². The minimum Gasteiger partial charge on any atom is -0.310 e. The van der Waals surface area contributed by atoms with Crippen molar-refractivity contribution in [2.24, 2.45) is 0 Å². The van der Waals surface area contributed by atoms with Crippen LogP contribution >= 0.6 is 0 Å². The van der Waals surface area contributed by atoms with Crippen molar-refractivity contribution in [2.75, 3.05) is 18.6 Å². The summed E-state index contributed by atoms with van der Waals surface area (Å²) in [6, 6.07) is 6.57. The van der Waals surface area contributed by atoms with E-state index < -0.39 is 9.84 Å². The van der Waals surface area contributed by atoms with Crippen LogP contribution in [0.3, 0.4) is 0 Å². The quantitative estimate of drug-likeness (QED) is 0.801. The van der Waals surface area contributed by atoms with E-state index in [9.17, 15) is 8.42 Å². The van der Waals surface area contributed by atoms with Crippen LogP contribution in [0.2, 0.25) is 0 Å². The van der Waals surface area contributed by atoms with Crippen LogP contribution in [0.1, 0.15) is 48.9 Å². The summed E-state index contributed by atoms with van der Waals surface area (Å²) in [5, 5.41) is 3.56. The lowest BCUT2D eigenvalue weighted by molar-refractivity contribution is 0.489. The second-order valence-electron chi connectivity index (χ2n) is 5.58. The number of nitrogens with one attached hydrogen (secondary N) is 1. The largest absolute Gasteiger partial charge is 0.310 e. The molecule has 1 aromatic rings. The van der Waals surface area contributed by atoms with E-state index in [0.29, 0.717) is 6.42 Å². The summed E-state index contributed by atoms with van der Waals surface area (Å²) in [6.07, 6.45) is 3.95. The highest BCUT2D eigenvalue weighted by Crippen LogP contribution is 2.25. The Kier molecular flexibility index (Phi) is 6.69. The Balaban J connectivity index is 2.83. The van der Waals surface area contributed by atoms with Gasteiger partial charge in [-0.25, -0.2) is 8.42 Å². The molecule has 1 N–H and O–H groups in total. The second kappa shape index (κ2) is 7.79. The number of sulfone groups is 1. The van der Waals surface area contributed by atoms with Gasteiger partial charge in [0.15, 0.2) is 0 Å². The first-order valence-electron chi connectivity index (χ1n) is 7.32. The van der Waals surface area contributed by atoms with Crippen molar-refractivity contribution in [1.82, 2.24) is 5.32 Å². The molecule has 0 saturated heterocycles. The molecule has 1 unspecified atom stereocenters. The van der Waals surface area contributed by atoms with Gasteiger partial charge in [-0.15, -0.1) is 0 Å². The lowest BCUT2D eigenvalue weighted by Crippen LogP contribution is -2.24. The number of benzene rings is 1. The maximum absolute atomic E-state index is 11.3. The van der Waals surface area contributed by atoms with Crippen LogP contribution in [0.25, 0.3) is 0 Å². The van der Waals surface area contributed by atoms with Gasteiger partial charge in [-0.1, -0.05) is 25.1 Å². The maximum Gasteiger partial charge on any atom is 0.147 e. The van der Waals surface area contributed by atoms with E-state index in [1.165, 1.54) is 22.9 Å². The fourth-order valence-corrected chi connectivity index (χ4v) is 3.28. The zero-order valence-corrected chi connectivity index (χ0v) is 13.9. The van der Waals surface area contributed by atoms with Gasteiger partial charge in [0.25, 0.3) is 0 Å². The molecule has 0 spiro atoms. The van der Waals surface area contributed by atoms with Gasteiger partial charge >= 0.3 is 0 Å². The molecule has 20 heavy (non-hydrogen) atoms. The van der Waals surface area contributed by atoms with Gasteiger partial charge in [-0.2, -0.15) is 0 Å². The van der Waals surface area contributed by atoms with Crippen LogP contribution in [0, 0.1) is 13.8 Å². The third-order valence-electron chi connectivity index (χ3n) is 3.54. The molecule has 0 amide bonds. The lowest BCUT2D eigenvalue weighted by Gasteiger charge is -2.23. The summed E-state index contributed by atoms with van der Waals surface area (Å²) in [5.41, 5.74) is 3.88. The highest BCUT2D eigenvalue weighted by molar-refractivity contribution is 7.90. The van der Waals surface area contributed by atoms with Crippen molar-refractivity contribution >= 4 is 9.84 Å². The van der Waals surface area contributed by atoms with Crippen molar-refractivity contribution < 1.29 is 8.42 Å². The van der Waals surface area contributed by atoms with Gasteiger partial charge < -0.3 is 5.32 Å². The third-order valence-corrected chi connectivity index (χ3v) is 4.57. The van der Waals surface area contributed by atoms with Crippen LogP contribution < -0.4 is 5.32 Å². The molecule has 0 fully saturated rings. The molecule has 3 nitrogen and oxygen atoms in total. The van der Waals surface area contributed by atoms with Gasteiger partial charge in [0.05, 0.1) is 0 Å². The Morgan fingerprint density at radius 1 is 1.20 bits per heavy atom. The van der Waals surface area contributed by atoms with Gasteiger partial charge in [-0.3, -0.25) is 0 Å². The summed E-state index contributed by atoms with van der Waals surface area (Å²) in [5.74, 6) is 0.266. The summed E-state index contributed by atoms with van der Waals surface area (Å²) in [6.45, 7) is 7.35. The number of hydrogen-bond donors (Lipinski definition) is 1. The van der Waals surface area contributed by atoms with Crippen molar-refractivity contribution in [3.05, 3.63) is 34.9 Å². The fraction of sp³-hybridized carbons (Fsp3) is 0.625. The highest BCUT2D eigenvalue weighted by atomic mass is 32.2. The van der Waals surface area contributed by atoms with Gasteiger partial charge in [0, 0.05) is 18.1 Å². The first kappa shape index (κ1) is 17.2. The van der Waals surface area contributed by atoms with E-state index in [2.05, 4.69) is 44.3 Å². The van der Waals surface area contributed by atoms with E-state index in [-0.39, 0.29) is 11.8 Å². The Morgan fingerprint density at radius 3 is 2.30 bits per heavy atom. The molecular weight excluding hydrogens is 270 g/mol. The number of rotatable bonds is 8. The van der Waals surface area contributed by atoms with E-state index in [4.69, 9.17) is 0 Å². The van der Waals surface area contributed by atoms with Crippen molar-refractivity contribution in [1.29, 1.82) is 0 Å². The first-order chi connectivity index (χ1) is 9.35. The third kappa shape index (κ3) is 5.63. The molecule has 0 aliphatic heterocycles. The molecule has 4 heteroatoms. The predicted molar refractivity (Wildman–Crippen MR) is 85.9 cm³/mol. The molecule has 0 aliphatic rings. The average molecular weight is 297 g/mol. The smallest absolute Gasteiger partial charge is 0.147 e. The molecular formula is C16H27NO2S. The predicted octanol–water partition coefficient (Wildman–Crippen LogP) is 3.17. The molecule has 0 bridgehead atoms. The van der Waals surface area contributed by atoms with Gasteiger partial charge in [-0.05, 0) is 56.3 Å². The van der Waals surface area contributed by atoms with Crippen LogP contribution in [0.15, 0.2) is 18.2 Å². The first-order valence-corrected chi connectivity index (χ1v) is 9.38. The van der Waals surface area contributed by atoms with E-state index in [0.717, 1.165) is 19.4 Å². The van der Waals surface area contributed by atoms with Crippen molar-refractivity contribution in [3.8, 4) is 0 Å². The number of hydrogen-bond acceptors (Lipinski definition) is 3. The fourth-order valence-electron chi connectivity index (χ4n) is 2.59. The van der Waals surface area contributed by atoms with E-state index in [1.807, 2.05) is 0 Å². The van der Waals surface area contributed by atoms with Gasteiger partial charge in [0.1, 0.15) is 9.84 Å². The average Bonchev–Trinajstić information content (AvgIpc) is 2.33. The normalized spacial score (nSPS) is 13.4. The molecule has 114 valence electrons. The minimum absolute atomic E-state index is 0.248. The highest BCUT2D eigenvalue weighted by Gasteiger charge is 2.16. The summed E-state index contributed by atoms with van der Waals surface area (Å²) in [7, 11) is -2.87. The second-order valence-corrected chi connectivity index (χ2v) is 7.84. The topological polar surface area (TPSA) is 46.2 Å². The summed E-state index contributed by atoms with van der Waals surface area (Å²) < 4.78 is 22.6. The van der Waals surface area contributed by atoms with Gasteiger partial charge in [0.2, 0.25) is 0 Å². The Hall–Kier alpha value is -0.870. The van der Waals surface area contributed by atoms with Crippen LogP contribution in [0.5, 0.6) is 0 Å². The van der Waals surface area contributed by atoms with E-state index in [1.54, 1.807) is 0 Å². The standard InChI is InChI=1S/C16H27NO2S/c1-5-11-17-15(10-7-12-20(4,18)19)16-13(2)8-6-9-14(16)3/h6,8-9,15,17H,5,7,10-12H2,1-4H3. The Bertz CT molecular complexity index is 503. The van der Waals surface area contributed by atoms with E-state index >= 15 is 0 Å². The molecule has 0 saturated carbocycles. The van der Waals surface area contributed by atoms with Crippen LogP contribution in [-0.2, 0) is 9.84 Å². The summed E-state index contributed by atoms with van der Waals surface area (Å²) >= 11 is 0. The monoisotopic (exact) mass is 297 g/mol. The molecule has 0 aliphatic carbocycles. The zero-order valence-electron chi connectivity index (χ0n) is 13.1. The zero-order chi connectivity index (χ0) is 15.2. The van der Waals surface area contributed by atoms with Crippen LogP contribution in [-0.4, -0.2) is 27.0 Å². The SMILES string of the molecule is CCCNC(CCCS(C)(=O)=O)c1c(C)cccc1C. The van der Waals surface area contributed by atoms with Crippen molar-refractivity contribution in [3.63, 3.8) is 0 Å². The maximum atomic E-state index is 11.3. The molecule has 0 aromatic heterocycles. The Morgan fingerprint density at radius 2 is 1.80 bits per heavy atom. The molecule has 0 heterocycles. The summed E-state index contributed by atoms with van der Waals surface area (Å²) in [4.78, 5) is 0. The molecule has 1 aromatic carbocycles. The number of aryl methyl sites for hydroxylation is 2.